The second-order valence-corrected chi connectivity index (χ2v) is 7.38. The fraction of sp³-hybridized carbons (Fsp3) is 0.524. The second-order valence-electron chi connectivity index (χ2n) is 7.38. The Kier molecular flexibility index (Phi) is 8.75. The van der Waals surface area contributed by atoms with Gasteiger partial charge in [-0.3, -0.25) is 14.6 Å². The summed E-state index contributed by atoms with van der Waals surface area (Å²) in [4.78, 5) is 6.94. The topological polar surface area (TPSA) is 57.5 Å². The number of aryl methyl sites for hydroxylation is 2. The molecule has 0 aliphatic carbocycles. The maximum Gasteiger partial charge on any atom is 0.191 e. The summed E-state index contributed by atoms with van der Waals surface area (Å²) in [6, 6.07) is 11.2. The van der Waals surface area contributed by atoms with Gasteiger partial charge in [0.2, 0.25) is 0 Å². The van der Waals surface area contributed by atoms with E-state index in [1.165, 1.54) is 16.8 Å². The Morgan fingerprint density at radius 3 is 2.43 bits per heavy atom. The summed E-state index contributed by atoms with van der Waals surface area (Å²) in [6.07, 6.45) is 2.27. The summed E-state index contributed by atoms with van der Waals surface area (Å²) >= 11 is 0. The predicted octanol–water partition coefficient (Wildman–Crippen LogP) is 2.98. The van der Waals surface area contributed by atoms with Crippen LogP contribution in [0.3, 0.4) is 0 Å². The van der Waals surface area contributed by atoms with Crippen LogP contribution in [0.25, 0.3) is 0 Å². The SMILES string of the molecule is CN=C(NCc1c(C)nn(C)c1C)NC1CCN(Cc2ccccc2)CC1.I. The van der Waals surface area contributed by atoms with E-state index < -0.39 is 0 Å². The molecule has 2 aromatic rings. The first-order valence-electron chi connectivity index (χ1n) is 9.79. The van der Waals surface area contributed by atoms with Crippen molar-refractivity contribution >= 4 is 29.9 Å². The van der Waals surface area contributed by atoms with Gasteiger partial charge in [0, 0.05) is 57.6 Å². The first kappa shape index (κ1) is 22.7. The number of aliphatic imine (C=N–C) groups is 1. The lowest BCUT2D eigenvalue weighted by Gasteiger charge is -2.33. The van der Waals surface area contributed by atoms with E-state index >= 15 is 0 Å². The highest BCUT2D eigenvalue weighted by Crippen LogP contribution is 2.14. The van der Waals surface area contributed by atoms with Crippen molar-refractivity contribution in [3.63, 3.8) is 0 Å². The quantitative estimate of drug-likeness (QED) is 0.380. The van der Waals surface area contributed by atoms with Crippen LogP contribution >= 0.6 is 24.0 Å². The smallest absolute Gasteiger partial charge is 0.191 e. The van der Waals surface area contributed by atoms with Crippen LogP contribution in [-0.4, -0.2) is 46.8 Å². The third kappa shape index (κ3) is 5.94. The summed E-state index contributed by atoms with van der Waals surface area (Å²) < 4.78 is 1.94. The molecule has 3 rings (SSSR count). The minimum absolute atomic E-state index is 0. The Balaban J connectivity index is 0.00000280. The molecule has 0 radical (unpaired) electrons. The Morgan fingerprint density at radius 1 is 1.18 bits per heavy atom. The molecule has 1 aromatic heterocycles. The third-order valence-electron chi connectivity index (χ3n) is 5.49. The molecule has 0 spiro atoms. The lowest BCUT2D eigenvalue weighted by atomic mass is 10.0. The van der Waals surface area contributed by atoms with Gasteiger partial charge < -0.3 is 10.6 Å². The fourth-order valence-electron chi connectivity index (χ4n) is 3.71. The number of nitrogens with one attached hydrogen (secondary N) is 2. The van der Waals surface area contributed by atoms with Gasteiger partial charge in [-0.15, -0.1) is 24.0 Å². The van der Waals surface area contributed by atoms with E-state index in [2.05, 4.69) is 69.8 Å². The molecule has 0 amide bonds. The molecule has 0 unspecified atom stereocenters. The number of piperidine rings is 1. The molecule has 1 aromatic carbocycles. The zero-order valence-electron chi connectivity index (χ0n) is 17.4. The van der Waals surface area contributed by atoms with Crippen LogP contribution in [0.15, 0.2) is 35.3 Å². The number of hydrogen-bond donors (Lipinski definition) is 2. The van der Waals surface area contributed by atoms with Gasteiger partial charge in [-0.05, 0) is 32.3 Å². The number of halogens is 1. The van der Waals surface area contributed by atoms with Gasteiger partial charge in [-0.2, -0.15) is 5.10 Å². The van der Waals surface area contributed by atoms with E-state index in [0.717, 1.165) is 50.7 Å². The van der Waals surface area contributed by atoms with Gasteiger partial charge in [0.25, 0.3) is 0 Å². The molecular formula is C21H33IN6. The summed E-state index contributed by atoms with van der Waals surface area (Å²) in [6.45, 7) is 8.19. The third-order valence-corrected chi connectivity index (χ3v) is 5.49. The number of guanidine groups is 1. The van der Waals surface area contributed by atoms with Crippen LogP contribution in [0, 0.1) is 13.8 Å². The molecule has 1 aliphatic heterocycles. The van der Waals surface area contributed by atoms with Crippen molar-refractivity contribution in [3.05, 3.63) is 52.8 Å². The summed E-state index contributed by atoms with van der Waals surface area (Å²) in [5.74, 6) is 0.874. The first-order valence-corrected chi connectivity index (χ1v) is 9.79. The molecule has 2 heterocycles. The monoisotopic (exact) mass is 496 g/mol. The minimum Gasteiger partial charge on any atom is -0.354 e. The van der Waals surface area contributed by atoms with Crippen molar-refractivity contribution in [2.24, 2.45) is 12.0 Å². The van der Waals surface area contributed by atoms with E-state index in [4.69, 9.17) is 0 Å². The Bertz CT molecular complexity index is 763. The van der Waals surface area contributed by atoms with Crippen molar-refractivity contribution in [2.45, 2.75) is 45.8 Å². The molecule has 1 saturated heterocycles. The number of likely N-dealkylation sites (tertiary alicyclic amines) is 1. The van der Waals surface area contributed by atoms with E-state index in [-0.39, 0.29) is 24.0 Å². The predicted molar refractivity (Wildman–Crippen MR) is 126 cm³/mol. The molecule has 0 saturated carbocycles. The second kappa shape index (κ2) is 10.8. The van der Waals surface area contributed by atoms with Crippen molar-refractivity contribution in [1.29, 1.82) is 0 Å². The number of aromatic nitrogens is 2. The van der Waals surface area contributed by atoms with Crippen molar-refractivity contribution in [3.8, 4) is 0 Å². The summed E-state index contributed by atoms with van der Waals surface area (Å²) in [5.41, 5.74) is 4.92. The van der Waals surface area contributed by atoms with Crippen molar-refractivity contribution in [2.75, 3.05) is 20.1 Å². The van der Waals surface area contributed by atoms with Crippen molar-refractivity contribution in [1.82, 2.24) is 25.3 Å². The Morgan fingerprint density at radius 2 is 1.86 bits per heavy atom. The lowest BCUT2D eigenvalue weighted by molar-refractivity contribution is 0.198. The van der Waals surface area contributed by atoms with Crippen molar-refractivity contribution < 1.29 is 0 Å². The highest BCUT2D eigenvalue weighted by atomic mass is 127. The standard InChI is InChI=1S/C21H32N6.HI/c1-16-20(17(2)26(4)25-16)14-23-21(22-3)24-19-10-12-27(13-11-19)15-18-8-6-5-7-9-18;/h5-9,19H,10-15H2,1-4H3,(H2,22,23,24);1H. The van der Waals surface area contributed by atoms with Gasteiger partial charge in [-0.1, -0.05) is 30.3 Å². The first-order chi connectivity index (χ1) is 13.1. The van der Waals surface area contributed by atoms with Gasteiger partial charge in [-0.25, -0.2) is 0 Å². The largest absolute Gasteiger partial charge is 0.354 e. The molecule has 7 heteroatoms. The average molecular weight is 496 g/mol. The van der Waals surface area contributed by atoms with Crippen LogP contribution in [0.1, 0.15) is 35.4 Å². The number of nitrogens with zero attached hydrogens (tertiary/aromatic N) is 4. The zero-order chi connectivity index (χ0) is 19.2. The molecule has 0 bridgehead atoms. The van der Waals surface area contributed by atoms with Gasteiger partial charge in [0.15, 0.2) is 5.96 Å². The average Bonchev–Trinajstić information content (AvgIpc) is 2.93. The van der Waals surface area contributed by atoms with E-state index in [0.29, 0.717) is 6.04 Å². The lowest BCUT2D eigenvalue weighted by Crippen LogP contribution is -2.48. The molecule has 28 heavy (non-hydrogen) atoms. The van der Waals surface area contributed by atoms with Gasteiger partial charge >= 0.3 is 0 Å². The maximum atomic E-state index is 4.48. The van der Waals surface area contributed by atoms with Crippen LogP contribution in [0.4, 0.5) is 0 Å². The van der Waals surface area contributed by atoms with Gasteiger partial charge in [0.1, 0.15) is 0 Å². The normalized spacial score (nSPS) is 15.9. The van der Waals surface area contributed by atoms with Crippen LogP contribution in [-0.2, 0) is 20.1 Å². The summed E-state index contributed by atoms with van der Waals surface area (Å²) in [5, 5.41) is 11.5. The highest BCUT2D eigenvalue weighted by Gasteiger charge is 2.20. The number of hydrogen-bond acceptors (Lipinski definition) is 3. The maximum absolute atomic E-state index is 4.48. The molecule has 2 N–H and O–H groups in total. The van der Waals surface area contributed by atoms with E-state index in [9.17, 15) is 0 Å². The summed E-state index contributed by atoms with van der Waals surface area (Å²) in [7, 11) is 3.82. The molecule has 1 fully saturated rings. The molecular weight excluding hydrogens is 463 g/mol. The number of rotatable bonds is 5. The number of benzene rings is 1. The fourth-order valence-corrected chi connectivity index (χ4v) is 3.71. The van der Waals surface area contributed by atoms with E-state index in [1.807, 2.05) is 18.8 Å². The molecule has 6 nitrogen and oxygen atoms in total. The molecule has 154 valence electrons. The zero-order valence-corrected chi connectivity index (χ0v) is 19.7. The van der Waals surface area contributed by atoms with Crippen LogP contribution in [0.2, 0.25) is 0 Å². The van der Waals surface area contributed by atoms with Crippen LogP contribution in [0.5, 0.6) is 0 Å². The van der Waals surface area contributed by atoms with E-state index in [1.54, 1.807) is 0 Å². The van der Waals surface area contributed by atoms with Gasteiger partial charge in [0.05, 0.1) is 5.69 Å². The highest BCUT2D eigenvalue weighted by molar-refractivity contribution is 14.0. The Labute approximate surface area is 185 Å². The minimum atomic E-state index is 0. The molecule has 1 aliphatic rings. The Hall–Kier alpha value is -1.61. The van der Waals surface area contributed by atoms with Crippen LogP contribution < -0.4 is 10.6 Å². The molecule has 0 atom stereocenters.